The molecule has 0 atom stereocenters. The van der Waals surface area contributed by atoms with Crippen LogP contribution in [0, 0.1) is 6.92 Å². The van der Waals surface area contributed by atoms with E-state index in [9.17, 15) is 0 Å². The SMILES string of the molecule is CCc1ccc(-c2n[nH]c(C)c2CN)cc1. The molecule has 0 aliphatic carbocycles. The van der Waals surface area contributed by atoms with Crippen LogP contribution in [0.25, 0.3) is 11.3 Å². The molecular weight excluding hydrogens is 198 g/mol. The van der Waals surface area contributed by atoms with Gasteiger partial charge in [-0.1, -0.05) is 31.2 Å². The highest BCUT2D eigenvalue weighted by atomic mass is 15.1. The van der Waals surface area contributed by atoms with Gasteiger partial charge in [-0.15, -0.1) is 0 Å². The van der Waals surface area contributed by atoms with E-state index in [1.165, 1.54) is 5.56 Å². The molecule has 1 aromatic carbocycles. The van der Waals surface area contributed by atoms with Crippen molar-refractivity contribution in [1.82, 2.24) is 10.2 Å². The van der Waals surface area contributed by atoms with Crippen molar-refractivity contribution in [3.8, 4) is 11.3 Å². The summed E-state index contributed by atoms with van der Waals surface area (Å²) >= 11 is 0. The van der Waals surface area contributed by atoms with Crippen LogP contribution in [0.5, 0.6) is 0 Å². The summed E-state index contributed by atoms with van der Waals surface area (Å²) in [5, 5.41) is 7.29. The number of aromatic nitrogens is 2. The van der Waals surface area contributed by atoms with Crippen LogP contribution in [-0.4, -0.2) is 10.2 Å². The Balaban J connectivity index is 2.42. The van der Waals surface area contributed by atoms with Gasteiger partial charge in [0.15, 0.2) is 0 Å². The summed E-state index contributed by atoms with van der Waals surface area (Å²) < 4.78 is 0. The molecule has 1 aromatic heterocycles. The number of benzene rings is 1. The Hall–Kier alpha value is -1.61. The van der Waals surface area contributed by atoms with Crippen molar-refractivity contribution in [3.05, 3.63) is 41.1 Å². The first-order valence-electron chi connectivity index (χ1n) is 5.59. The average Bonchev–Trinajstić information content (AvgIpc) is 2.70. The van der Waals surface area contributed by atoms with Crippen molar-refractivity contribution in [2.75, 3.05) is 0 Å². The second-order valence-electron chi connectivity index (χ2n) is 3.93. The minimum absolute atomic E-state index is 0.521. The van der Waals surface area contributed by atoms with Gasteiger partial charge in [-0.2, -0.15) is 5.10 Å². The number of H-pyrrole nitrogens is 1. The molecular formula is C13H17N3. The molecule has 0 aliphatic heterocycles. The summed E-state index contributed by atoms with van der Waals surface area (Å²) in [5.74, 6) is 0. The molecule has 0 saturated heterocycles. The minimum atomic E-state index is 0.521. The molecule has 16 heavy (non-hydrogen) atoms. The third-order valence-corrected chi connectivity index (χ3v) is 2.91. The Morgan fingerprint density at radius 3 is 2.50 bits per heavy atom. The Bertz CT molecular complexity index is 468. The predicted octanol–water partition coefficient (Wildman–Crippen LogP) is 2.41. The summed E-state index contributed by atoms with van der Waals surface area (Å²) in [6, 6.07) is 8.49. The summed E-state index contributed by atoms with van der Waals surface area (Å²) in [5.41, 5.74) is 11.3. The lowest BCUT2D eigenvalue weighted by atomic mass is 10.0. The van der Waals surface area contributed by atoms with E-state index in [1.54, 1.807) is 0 Å². The van der Waals surface area contributed by atoms with E-state index >= 15 is 0 Å². The highest BCUT2D eigenvalue weighted by Crippen LogP contribution is 2.23. The lowest BCUT2D eigenvalue weighted by Crippen LogP contribution is -1.98. The van der Waals surface area contributed by atoms with E-state index in [0.29, 0.717) is 6.54 Å². The zero-order chi connectivity index (χ0) is 11.5. The first kappa shape index (κ1) is 10.9. The number of nitrogens with two attached hydrogens (primary N) is 1. The van der Waals surface area contributed by atoms with Gasteiger partial charge in [-0.25, -0.2) is 0 Å². The number of nitrogens with zero attached hydrogens (tertiary/aromatic N) is 1. The number of aromatic amines is 1. The van der Waals surface area contributed by atoms with Gasteiger partial charge in [-0.05, 0) is 18.9 Å². The lowest BCUT2D eigenvalue weighted by molar-refractivity contribution is 1.03. The highest BCUT2D eigenvalue weighted by molar-refractivity contribution is 5.64. The molecule has 3 nitrogen and oxygen atoms in total. The van der Waals surface area contributed by atoms with Gasteiger partial charge in [0.2, 0.25) is 0 Å². The van der Waals surface area contributed by atoms with Gasteiger partial charge in [0.05, 0.1) is 5.69 Å². The van der Waals surface area contributed by atoms with Gasteiger partial charge in [0.1, 0.15) is 0 Å². The van der Waals surface area contributed by atoms with Crippen LogP contribution in [0.2, 0.25) is 0 Å². The second kappa shape index (κ2) is 4.49. The van der Waals surface area contributed by atoms with Crippen molar-refractivity contribution in [2.45, 2.75) is 26.8 Å². The highest BCUT2D eigenvalue weighted by Gasteiger charge is 2.10. The standard InChI is InChI=1S/C13H17N3/c1-3-10-4-6-11(7-5-10)13-12(8-14)9(2)15-16-13/h4-7H,3,8,14H2,1-2H3,(H,15,16). The fraction of sp³-hybridized carbons (Fsp3) is 0.308. The molecule has 0 radical (unpaired) electrons. The minimum Gasteiger partial charge on any atom is -0.326 e. The molecule has 3 heteroatoms. The fourth-order valence-electron chi connectivity index (χ4n) is 1.84. The number of aryl methyl sites for hydroxylation is 2. The van der Waals surface area contributed by atoms with Crippen LogP contribution in [-0.2, 0) is 13.0 Å². The zero-order valence-electron chi connectivity index (χ0n) is 9.75. The van der Waals surface area contributed by atoms with Crippen LogP contribution in [0.15, 0.2) is 24.3 Å². The first-order valence-corrected chi connectivity index (χ1v) is 5.59. The lowest BCUT2D eigenvalue weighted by Gasteiger charge is -2.02. The Labute approximate surface area is 95.7 Å². The number of rotatable bonds is 3. The summed E-state index contributed by atoms with van der Waals surface area (Å²) in [6.07, 6.45) is 1.06. The van der Waals surface area contributed by atoms with E-state index in [0.717, 1.165) is 28.9 Å². The monoisotopic (exact) mass is 215 g/mol. The van der Waals surface area contributed by atoms with Gasteiger partial charge in [0, 0.05) is 23.4 Å². The molecule has 84 valence electrons. The Morgan fingerprint density at radius 1 is 1.25 bits per heavy atom. The number of hydrogen-bond acceptors (Lipinski definition) is 2. The molecule has 2 aromatic rings. The molecule has 1 heterocycles. The normalized spacial score (nSPS) is 10.7. The van der Waals surface area contributed by atoms with E-state index in [1.807, 2.05) is 6.92 Å². The molecule has 0 bridgehead atoms. The van der Waals surface area contributed by atoms with Gasteiger partial charge in [-0.3, -0.25) is 5.10 Å². The third kappa shape index (κ3) is 1.86. The average molecular weight is 215 g/mol. The maximum Gasteiger partial charge on any atom is 0.0968 e. The molecule has 0 amide bonds. The molecule has 3 N–H and O–H groups in total. The predicted molar refractivity (Wildman–Crippen MR) is 66.0 cm³/mol. The van der Waals surface area contributed by atoms with Gasteiger partial charge in [0.25, 0.3) is 0 Å². The third-order valence-electron chi connectivity index (χ3n) is 2.91. The van der Waals surface area contributed by atoms with Crippen molar-refractivity contribution >= 4 is 0 Å². The summed E-state index contributed by atoms with van der Waals surface area (Å²) in [4.78, 5) is 0. The van der Waals surface area contributed by atoms with Crippen LogP contribution in [0.3, 0.4) is 0 Å². The number of hydrogen-bond donors (Lipinski definition) is 2. The first-order chi connectivity index (χ1) is 7.76. The van der Waals surface area contributed by atoms with Crippen LogP contribution in [0.4, 0.5) is 0 Å². The van der Waals surface area contributed by atoms with Crippen LogP contribution >= 0.6 is 0 Å². The van der Waals surface area contributed by atoms with Crippen LogP contribution < -0.4 is 5.73 Å². The topological polar surface area (TPSA) is 54.7 Å². The number of nitrogens with one attached hydrogen (secondary N) is 1. The zero-order valence-corrected chi connectivity index (χ0v) is 9.75. The summed E-state index contributed by atoms with van der Waals surface area (Å²) in [6.45, 7) is 4.67. The second-order valence-corrected chi connectivity index (χ2v) is 3.93. The smallest absolute Gasteiger partial charge is 0.0968 e. The van der Waals surface area contributed by atoms with E-state index in [-0.39, 0.29) is 0 Å². The maximum absolute atomic E-state index is 5.73. The van der Waals surface area contributed by atoms with Gasteiger partial charge >= 0.3 is 0 Å². The van der Waals surface area contributed by atoms with E-state index in [2.05, 4.69) is 41.4 Å². The summed E-state index contributed by atoms with van der Waals surface area (Å²) in [7, 11) is 0. The van der Waals surface area contributed by atoms with E-state index in [4.69, 9.17) is 5.73 Å². The molecule has 0 saturated carbocycles. The van der Waals surface area contributed by atoms with Crippen molar-refractivity contribution in [3.63, 3.8) is 0 Å². The maximum atomic E-state index is 5.73. The Morgan fingerprint density at radius 2 is 1.94 bits per heavy atom. The van der Waals surface area contributed by atoms with E-state index < -0.39 is 0 Å². The largest absolute Gasteiger partial charge is 0.326 e. The van der Waals surface area contributed by atoms with Crippen LogP contribution in [0.1, 0.15) is 23.7 Å². The Kier molecular flexibility index (Phi) is 3.06. The quantitative estimate of drug-likeness (QED) is 0.826. The fourth-order valence-corrected chi connectivity index (χ4v) is 1.84. The molecule has 0 aliphatic rings. The van der Waals surface area contributed by atoms with Crippen molar-refractivity contribution < 1.29 is 0 Å². The molecule has 0 fully saturated rings. The molecule has 0 unspecified atom stereocenters. The van der Waals surface area contributed by atoms with Crippen molar-refractivity contribution in [2.24, 2.45) is 5.73 Å². The molecule has 0 spiro atoms. The van der Waals surface area contributed by atoms with Gasteiger partial charge < -0.3 is 5.73 Å². The van der Waals surface area contributed by atoms with Crippen molar-refractivity contribution in [1.29, 1.82) is 0 Å². The molecule has 2 rings (SSSR count).